The molecule has 0 fully saturated rings. The molecule has 12 heavy (non-hydrogen) atoms. The summed E-state index contributed by atoms with van der Waals surface area (Å²) in [7, 11) is 0. The van der Waals surface area contributed by atoms with E-state index < -0.39 is 0 Å². The number of hydrogen-bond acceptors (Lipinski definition) is 2. The van der Waals surface area contributed by atoms with Crippen LogP contribution < -0.4 is 5.73 Å². The van der Waals surface area contributed by atoms with Crippen LogP contribution in [0.15, 0.2) is 18.3 Å². The van der Waals surface area contributed by atoms with Gasteiger partial charge in [0.2, 0.25) is 0 Å². The summed E-state index contributed by atoms with van der Waals surface area (Å²) < 4.78 is 1.61. The highest BCUT2D eigenvalue weighted by atomic mass is 35.5. The summed E-state index contributed by atoms with van der Waals surface area (Å²) in [5, 5.41) is 4.51. The molecule has 0 saturated heterocycles. The van der Waals surface area contributed by atoms with Crippen molar-refractivity contribution in [3.63, 3.8) is 0 Å². The van der Waals surface area contributed by atoms with Gasteiger partial charge in [-0.2, -0.15) is 5.10 Å². The third-order valence-corrected chi connectivity index (χ3v) is 2.23. The maximum atomic E-state index is 5.95. The number of nitrogens with zero attached hydrogens (tertiary/aromatic N) is 2. The summed E-state index contributed by atoms with van der Waals surface area (Å²) in [6.45, 7) is 1.92. The summed E-state index contributed by atoms with van der Waals surface area (Å²) in [6.07, 6.45) is 1.69. The van der Waals surface area contributed by atoms with E-state index in [2.05, 4.69) is 5.10 Å². The van der Waals surface area contributed by atoms with Crippen molar-refractivity contribution in [1.82, 2.24) is 9.61 Å². The minimum atomic E-state index is 0.481. The molecule has 0 atom stereocenters. The number of aromatic nitrogens is 2. The molecule has 2 N–H and O–H groups in total. The number of anilines is 1. The van der Waals surface area contributed by atoms with Crippen LogP contribution in [0.5, 0.6) is 0 Å². The molecule has 0 aromatic carbocycles. The van der Waals surface area contributed by atoms with Crippen LogP contribution in [-0.4, -0.2) is 9.61 Å². The predicted octanol–water partition coefficient (Wildman–Crippen LogP) is 1.88. The van der Waals surface area contributed by atoms with Crippen molar-refractivity contribution in [1.29, 1.82) is 0 Å². The quantitative estimate of drug-likeness (QED) is 0.631. The Morgan fingerprint density at radius 3 is 3.08 bits per heavy atom. The van der Waals surface area contributed by atoms with Gasteiger partial charge in [0, 0.05) is 0 Å². The van der Waals surface area contributed by atoms with Crippen LogP contribution in [0.4, 0.5) is 5.69 Å². The highest BCUT2D eigenvalue weighted by molar-refractivity contribution is 6.32. The third-order valence-electron chi connectivity index (χ3n) is 1.87. The molecule has 62 valence electrons. The third kappa shape index (κ3) is 0.865. The van der Waals surface area contributed by atoms with Crippen molar-refractivity contribution < 1.29 is 0 Å². The Labute approximate surface area is 74.7 Å². The molecule has 0 aliphatic heterocycles. The van der Waals surface area contributed by atoms with Gasteiger partial charge >= 0.3 is 0 Å². The molecule has 0 unspecified atom stereocenters. The topological polar surface area (TPSA) is 43.3 Å². The van der Waals surface area contributed by atoms with Crippen LogP contribution in [0, 0.1) is 6.92 Å². The van der Waals surface area contributed by atoms with Gasteiger partial charge in [0.05, 0.1) is 17.4 Å². The lowest BCUT2D eigenvalue weighted by Crippen LogP contribution is -1.98. The second kappa shape index (κ2) is 2.38. The van der Waals surface area contributed by atoms with Crippen molar-refractivity contribution in [2.75, 3.05) is 5.73 Å². The van der Waals surface area contributed by atoms with Crippen LogP contribution in [0.1, 0.15) is 5.56 Å². The highest BCUT2D eigenvalue weighted by Crippen LogP contribution is 2.23. The second-order valence-electron chi connectivity index (χ2n) is 2.70. The summed E-state index contributed by atoms with van der Waals surface area (Å²) in [6, 6.07) is 3.84. The van der Waals surface area contributed by atoms with Gasteiger partial charge in [-0.25, -0.2) is 4.52 Å². The van der Waals surface area contributed by atoms with Gasteiger partial charge in [0.15, 0.2) is 5.15 Å². The van der Waals surface area contributed by atoms with Gasteiger partial charge in [-0.3, -0.25) is 0 Å². The Balaban J connectivity index is 2.94. The molecule has 0 radical (unpaired) electrons. The zero-order chi connectivity index (χ0) is 8.72. The van der Waals surface area contributed by atoms with E-state index in [9.17, 15) is 0 Å². The van der Waals surface area contributed by atoms with Gasteiger partial charge < -0.3 is 5.73 Å². The summed E-state index contributed by atoms with van der Waals surface area (Å²) in [4.78, 5) is 0. The average Bonchev–Trinajstić information content (AvgIpc) is 2.48. The fourth-order valence-electron chi connectivity index (χ4n) is 1.16. The molecule has 0 aliphatic carbocycles. The van der Waals surface area contributed by atoms with Crippen LogP contribution in [0.2, 0.25) is 5.15 Å². The van der Waals surface area contributed by atoms with Crippen LogP contribution in [0.3, 0.4) is 0 Å². The number of aryl methyl sites for hydroxylation is 1. The molecule has 0 amide bonds. The van der Waals surface area contributed by atoms with E-state index in [0.29, 0.717) is 10.8 Å². The van der Waals surface area contributed by atoms with Crippen molar-refractivity contribution >= 4 is 22.8 Å². The summed E-state index contributed by atoms with van der Waals surface area (Å²) >= 11 is 5.95. The standard InChI is InChI=1S/C8H8ClN3/c1-5-4-6-2-3-11-12(6)8(9)7(5)10/h2-4H,10H2,1H3. The molecule has 2 heterocycles. The van der Waals surface area contributed by atoms with E-state index in [4.69, 9.17) is 17.3 Å². The fourth-order valence-corrected chi connectivity index (χ4v) is 1.45. The Kier molecular flexibility index (Phi) is 1.48. The number of halogens is 1. The lowest BCUT2D eigenvalue weighted by atomic mass is 10.2. The smallest absolute Gasteiger partial charge is 0.154 e. The molecule has 0 bridgehead atoms. The first-order valence-electron chi connectivity index (χ1n) is 3.58. The van der Waals surface area contributed by atoms with Crippen molar-refractivity contribution in [3.8, 4) is 0 Å². The number of nitrogens with two attached hydrogens (primary N) is 1. The first-order valence-corrected chi connectivity index (χ1v) is 3.96. The Morgan fingerprint density at radius 2 is 2.33 bits per heavy atom. The Bertz CT molecular complexity index is 433. The number of pyridine rings is 1. The highest BCUT2D eigenvalue weighted by Gasteiger charge is 2.05. The first-order chi connectivity index (χ1) is 5.70. The van der Waals surface area contributed by atoms with E-state index in [0.717, 1.165) is 11.1 Å². The SMILES string of the molecule is Cc1cc2ccnn2c(Cl)c1N. The van der Waals surface area contributed by atoms with Crippen LogP contribution >= 0.6 is 11.6 Å². The zero-order valence-corrected chi connectivity index (χ0v) is 7.34. The largest absolute Gasteiger partial charge is 0.396 e. The molecule has 4 heteroatoms. The molecular weight excluding hydrogens is 174 g/mol. The van der Waals surface area contributed by atoms with Gasteiger partial charge in [-0.1, -0.05) is 11.6 Å². The average molecular weight is 182 g/mol. The van der Waals surface area contributed by atoms with Gasteiger partial charge in [-0.15, -0.1) is 0 Å². The zero-order valence-electron chi connectivity index (χ0n) is 6.58. The molecule has 0 aliphatic rings. The molecule has 2 aromatic rings. The molecule has 0 spiro atoms. The van der Waals surface area contributed by atoms with Gasteiger partial charge in [0.25, 0.3) is 0 Å². The maximum absolute atomic E-state index is 5.95. The van der Waals surface area contributed by atoms with Crippen LogP contribution in [0.25, 0.3) is 5.52 Å². The van der Waals surface area contributed by atoms with E-state index in [1.807, 2.05) is 19.1 Å². The normalized spacial score (nSPS) is 10.8. The summed E-state index contributed by atoms with van der Waals surface area (Å²) in [5.41, 5.74) is 8.25. The van der Waals surface area contributed by atoms with E-state index in [1.165, 1.54) is 0 Å². The Hall–Kier alpha value is -1.22. The van der Waals surface area contributed by atoms with Gasteiger partial charge in [-0.05, 0) is 24.6 Å². The molecular formula is C8H8ClN3. The van der Waals surface area contributed by atoms with Crippen molar-refractivity contribution in [3.05, 3.63) is 29.0 Å². The minimum Gasteiger partial charge on any atom is -0.396 e. The summed E-state index contributed by atoms with van der Waals surface area (Å²) in [5.74, 6) is 0. The molecule has 2 rings (SSSR count). The number of nitrogen functional groups attached to an aromatic ring is 1. The number of fused-ring (bicyclic) bond motifs is 1. The Morgan fingerprint density at radius 1 is 1.58 bits per heavy atom. The number of rotatable bonds is 0. The minimum absolute atomic E-state index is 0.481. The van der Waals surface area contributed by atoms with E-state index in [1.54, 1.807) is 10.7 Å². The van der Waals surface area contributed by atoms with Crippen molar-refractivity contribution in [2.24, 2.45) is 0 Å². The maximum Gasteiger partial charge on any atom is 0.154 e. The molecule has 0 saturated carbocycles. The predicted molar refractivity (Wildman–Crippen MR) is 49.4 cm³/mol. The molecule has 3 nitrogen and oxygen atoms in total. The molecule has 2 aromatic heterocycles. The monoisotopic (exact) mass is 181 g/mol. The second-order valence-corrected chi connectivity index (χ2v) is 3.06. The first kappa shape index (κ1) is 7.43. The lowest BCUT2D eigenvalue weighted by Gasteiger charge is -2.04. The van der Waals surface area contributed by atoms with Crippen LogP contribution in [-0.2, 0) is 0 Å². The van der Waals surface area contributed by atoms with Gasteiger partial charge in [0.1, 0.15) is 0 Å². The van der Waals surface area contributed by atoms with E-state index in [-0.39, 0.29) is 0 Å². The van der Waals surface area contributed by atoms with E-state index >= 15 is 0 Å². The van der Waals surface area contributed by atoms with Crippen molar-refractivity contribution in [2.45, 2.75) is 6.92 Å². The fraction of sp³-hybridized carbons (Fsp3) is 0.125. The lowest BCUT2D eigenvalue weighted by molar-refractivity contribution is 0.961. The number of hydrogen-bond donors (Lipinski definition) is 1.